The van der Waals surface area contributed by atoms with Crippen LogP contribution >= 0.6 is 0 Å². The van der Waals surface area contributed by atoms with Gasteiger partial charge in [-0.25, -0.2) is 4.99 Å². The molecule has 4 nitrogen and oxygen atoms in total. The molecule has 5 aliphatic carbocycles. The van der Waals surface area contributed by atoms with Crippen molar-refractivity contribution in [2.45, 2.75) is 82.2 Å². The molecular formula is C21H35N3O. The monoisotopic (exact) mass is 345 g/mol. The summed E-state index contributed by atoms with van der Waals surface area (Å²) >= 11 is 0. The summed E-state index contributed by atoms with van der Waals surface area (Å²) in [5.41, 5.74) is 0.362. The molecule has 0 atom stereocenters. The van der Waals surface area contributed by atoms with E-state index >= 15 is 0 Å². The summed E-state index contributed by atoms with van der Waals surface area (Å²) in [5, 5.41) is 4.10. The summed E-state index contributed by atoms with van der Waals surface area (Å²) in [6.07, 6.45) is 15.4. The molecular weight excluding hydrogens is 310 g/mol. The van der Waals surface area contributed by atoms with Crippen LogP contribution in [0.25, 0.3) is 0 Å². The van der Waals surface area contributed by atoms with E-state index in [1.165, 1.54) is 76.6 Å². The fourth-order valence-corrected chi connectivity index (χ4v) is 6.85. The van der Waals surface area contributed by atoms with Gasteiger partial charge in [0, 0.05) is 18.6 Å². The number of aliphatic imine (C=N–C) groups is 1. The minimum absolute atomic E-state index is 0.362. The van der Waals surface area contributed by atoms with E-state index in [0.717, 1.165) is 44.1 Å². The molecule has 0 unspecified atom stereocenters. The van der Waals surface area contributed by atoms with Crippen molar-refractivity contribution in [3.8, 4) is 0 Å². The zero-order chi connectivity index (χ0) is 16.7. The fourth-order valence-electron chi connectivity index (χ4n) is 6.85. The van der Waals surface area contributed by atoms with Crippen molar-refractivity contribution in [3.63, 3.8) is 0 Å². The molecule has 1 heterocycles. The maximum absolute atomic E-state index is 5.61. The Labute approximate surface area is 152 Å². The summed E-state index contributed by atoms with van der Waals surface area (Å²) in [6, 6.07) is 0.549. The first kappa shape index (κ1) is 16.4. The minimum Gasteiger partial charge on any atom is -0.378 e. The predicted molar refractivity (Wildman–Crippen MR) is 101 cm³/mol. The van der Waals surface area contributed by atoms with E-state index in [1.807, 2.05) is 0 Å². The lowest BCUT2D eigenvalue weighted by molar-refractivity contribution is -0.0132. The number of guanidine groups is 1. The fraction of sp³-hybridized carbons (Fsp3) is 0.952. The van der Waals surface area contributed by atoms with Gasteiger partial charge in [-0.05, 0) is 69.1 Å². The van der Waals surface area contributed by atoms with Gasteiger partial charge < -0.3 is 15.0 Å². The van der Waals surface area contributed by atoms with E-state index in [9.17, 15) is 0 Å². The van der Waals surface area contributed by atoms with Crippen LogP contribution in [-0.2, 0) is 4.74 Å². The highest BCUT2D eigenvalue weighted by Crippen LogP contribution is 2.55. The van der Waals surface area contributed by atoms with Gasteiger partial charge in [-0.15, -0.1) is 0 Å². The highest BCUT2D eigenvalue weighted by Gasteiger charge is 2.51. The third-order valence-corrected chi connectivity index (χ3v) is 7.61. The summed E-state index contributed by atoms with van der Waals surface area (Å²) in [5.74, 6) is 4.19. The van der Waals surface area contributed by atoms with E-state index in [0.29, 0.717) is 11.6 Å². The van der Waals surface area contributed by atoms with E-state index < -0.39 is 0 Å². The average Bonchev–Trinajstić information content (AvgIpc) is 2.61. The van der Waals surface area contributed by atoms with Gasteiger partial charge >= 0.3 is 0 Å². The maximum atomic E-state index is 5.61. The van der Waals surface area contributed by atoms with Gasteiger partial charge in [0.1, 0.15) is 0 Å². The van der Waals surface area contributed by atoms with Crippen molar-refractivity contribution >= 4 is 5.96 Å². The zero-order valence-electron chi connectivity index (χ0n) is 15.7. The van der Waals surface area contributed by atoms with E-state index in [1.54, 1.807) is 0 Å². The molecule has 5 saturated carbocycles. The molecule has 0 aromatic heterocycles. The third kappa shape index (κ3) is 3.43. The summed E-state index contributed by atoms with van der Waals surface area (Å²) in [6.45, 7) is 3.72. The molecule has 25 heavy (non-hydrogen) atoms. The van der Waals surface area contributed by atoms with Crippen LogP contribution in [0, 0.1) is 17.8 Å². The first-order chi connectivity index (χ1) is 12.3. The molecule has 0 aromatic carbocycles. The normalized spacial score (nSPS) is 42.0. The van der Waals surface area contributed by atoms with Crippen LogP contribution in [0.5, 0.6) is 0 Å². The van der Waals surface area contributed by atoms with Crippen LogP contribution in [0.15, 0.2) is 4.99 Å². The topological polar surface area (TPSA) is 36.9 Å². The Morgan fingerprint density at radius 3 is 2.08 bits per heavy atom. The zero-order valence-corrected chi connectivity index (χ0v) is 15.7. The molecule has 4 heteroatoms. The van der Waals surface area contributed by atoms with Crippen LogP contribution in [-0.4, -0.2) is 48.7 Å². The summed E-state index contributed by atoms with van der Waals surface area (Å²) < 4.78 is 5.61. The highest BCUT2D eigenvalue weighted by molar-refractivity contribution is 5.81. The number of hydrogen-bond acceptors (Lipinski definition) is 2. The van der Waals surface area contributed by atoms with Crippen LogP contribution in [0.3, 0.4) is 0 Å². The second-order valence-corrected chi connectivity index (χ2v) is 9.67. The molecule has 1 N–H and O–H groups in total. The van der Waals surface area contributed by atoms with E-state index in [4.69, 9.17) is 9.73 Å². The molecule has 0 spiro atoms. The summed E-state index contributed by atoms with van der Waals surface area (Å²) in [7, 11) is 0. The van der Waals surface area contributed by atoms with Crippen LogP contribution in [0.1, 0.15) is 70.6 Å². The lowest BCUT2D eigenvalue weighted by Crippen LogP contribution is -2.63. The number of rotatable bonds is 2. The molecule has 1 aliphatic heterocycles. The smallest absolute Gasteiger partial charge is 0.194 e. The Balaban J connectivity index is 1.37. The largest absolute Gasteiger partial charge is 0.378 e. The van der Waals surface area contributed by atoms with Crippen molar-refractivity contribution < 1.29 is 4.74 Å². The lowest BCUT2D eigenvalue weighted by Gasteiger charge is -2.57. The number of nitrogens with zero attached hydrogens (tertiary/aromatic N) is 2. The van der Waals surface area contributed by atoms with Gasteiger partial charge in [-0.1, -0.05) is 19.3 Å². The number of hydrogen-bond donors (Lipinski definition) is 1. The van der Waals surface area contributed by atoms with Gasteiger partial charge in [0.25, 0.3) is 0 Å². The van der Waals surface area contributed by atoms with Crippen molar-refractivity contribution in [2.24, 2.45) is 22.7 Å². The molecule has 6 aliphatic rings. The maximum Gasteiger partial charge on any atom is 0.194 e. The molecule has 140 valence electrons. The number of ether oxygens (including phenoxy) is 1. The molecule has 6 fully saturated rings. The van der Waals surface area contributed by atoms with E-state index in [2.05, 4.69) is 10.2 Å². The SMILES string of the molecule is C1CCC(/N=C(\NC23CC4CC(CC(C4)C2)C3)N2CCOCC2)CC1. The molecule has 1 saturated heterocycles. The Kier molecular flexibility index (Phi) is 4.43. The molecule has 0 radical (unpaired) electrons. The minimum atomic E-state index is 0.362. The van der Waals surface area contributed by atoms with Gasteiger partial charge in [0.15, 0.2) is 5.96 Å². The summed E-state index contributed by atoms with van der Waals surface area (Å²) in [4.78, 5) is 7.81. The van der Waals surface area contributed by atoms with Gasteiger partial charge in [0.05, 0.1) is 19.3 Å². The Hall–Kier alpha value is -0.770. The van der Waals surface area contributed by atoms with Crippen LogP contribution < -0.4 is 5.32 Å². The second-order valence-electron chi connectivity index (χ2n) is 9.67. The second kappa shape index (κ2) is 6.75. The Morgan fingerprint density at radius 1 is 0.880 bits per heavy atom. The standard InChI is InChI=1S/C21H35N3O/c1-2-4-19(5-3-1)22-20(24-6-8-25-9-7-24)23-21-13-16-10-17(14-21)12-18(11-16)15-21/h16-19H,1-15H2,(H,22,23). The Bertz CT molecular complexity index is 470. The molecule has 6 rings (SSSR count). The van der Waals surface area contributed by atoms with Crippen molar-refractivity contribution in [1.29, 1.82) is 0 Å². The number of morpholine rings is 1. The molecule has 0 aromatic rings. The first-order valence-electron chi connectivity index (χ1n) is 11.0. The van der Waals surface area contributed by atoms with Gasteiger partial charge in [0.2, 0.25) is 0 Å². The van der Waals surface area contributed by atoms with Crippen molar-refractivity contribution in [2.75, 3.05) is 26.3 Å². The highest BCUT2D eigenvalue weighted by atomic mass is 16.5. The predicted octanol–water partition coefficient (Wildman–Crippen LogP) is 3.57. The first-order valence-corrected chi connectivity index (χ1v) is 11.0. The molecule has 4 bridgehead atoms. The van der Waals surface area contributed by atoms with Crippen LogP contribution in [0.4, 0.5) is 0 Å². The van der Waals surface area contributed by atoms with Crippen molar-refractivity contribution in [1.82, 2.24) is 10.2 Å². The average molecular weight is 346 g/mol. The number of nitrogens with one attached hydrogen (secondary N) is 1. The Morgan fingerprint density at radius 2 is 1.48 bits per heavy atom. The lowest BCUT2D eigenvalue weighted by atomic mass is 9.53. The van der Waals surface area contributed by atoms with Crippen molar-refractivity contribution in [3.05, 3.63) is 0 Å². The third-order valence-electron chi connectivity index (χ3n) is 7.61. The molecule has 0 amide bonds. The quantitative estimate of drug-likeness (QED) is 0.614. The van der Waals surface area contributed by atoms with Gasteiger partial charge in [-0.3, -0.25) is 0 Å². The van der Waals surface area contributed by atoms with Crippen LogP contribution in [0.2, 0.25) is 0 Å². The van der Waals surface area contributed by atoms with Gasteiger partial charge in [-0.2, -0.15) is 0 Å². The van der Waals surface area contributed by atoms with E-state index in [-0.39, 0.29) is 0 Å².